The van der Waals surface area contributed by atoms with Gasteiger partial charge in [0.2, 0.25) is 0 Å². The summed E-state index contributed by atoms with van der Waals surface area (Å²) in [7, 11) is 0. The number of carbonyl (C=O) groups excluding carboxylic acids is 1. The van der Waals surface area contributed by atoms with Crippen molar-refractivity contribution in [1.29, 1.82) is 0 Å². The summed E-state index contributed by atoms with van der Waals surface area (Å²) < 4.78 is 0. The molecule has 0 aliphatic heterocycles. The molecule has 0 aliphatic rings. The second kappa shape index (κ2) is 7.04. The Hall–Kier alpha value is -2.90. The molecule has 2 amide bonds. The van der Waals surface area contributed by atoms with Gasteiger partial charge in [0.1, 0.15) is 12.2 Å². The molecule has 8 heteroatoms. The van der Waals surface area contributed by atoms with Gasteiger partial charge < -0.3 is 15.7 Å². The Morgan fingerprint density at radius 1 is 1.29 bits per heavy atom. The molecule has 21 heavy (non-hydrogen) atoms. The number of nitrogens with zero attached hydrogens (tertiary/aromatic N) is 2. The summed E-state index contributed by atoms with van der Waals surface area (Å²) in [6.45, 7) is 0.686. The number of nitrogens with one attached hydrogen (secondary N) is 3. The first-order valence-electron chi connectivity index (χ1n) is 6.33. The SMILES string of the molecule is O=C(NCCc1ncn[nH]1)NCc1cccc(C(=O)O)c1. The van der Waals surface area contributed by atoms with E-state index in [0.29, 0.717) is 18.8 Å². The van der Waals surface area contributed by atoms with E-state index in [0.717, 1.165) is 5.56 Å². The van der Waals surface area contributed by atoms with Gasteiger partial charge in [-0.3, -0.25) is 5.10 Å². The van der Waals surface area contributed by atoms with Gasteiger partial charge in [-0.25, -0.2) is 14.6 Å². The smallest absolute Gasteiger partial charge is 0.335 e. The molecule has 1 aromatic carbocycles. The van der Waals surface area contributed by atoms with Gasteiger partial charge in [0.25, 0.3) is 0 Å². The van der Waals surface area contributed by atoms with Crippen LogP contribution >= 0.6 is 0 Å². The van der Waals surface area contributed by atoms with Crippen LogP contribution in [0.3, 0.4) is 0 Å². The van der Waals surface area contributed by atoms with Crippen LogP contribution in [0.5, 0.6) is 0 Å². The highest BCUT2D eigenvalue weighted by Crippen LogP contribution is 2.04. The lowest BCUT2D eigenvalue weighted by Crippen LogP contribution is -2.36. The van der Waals surface area contributed by atoms with Crippen LogP contribution in [0.4, 0.5) is 4.79 Å². The molecular weight excluding hydrogens is 274 g/mol. The van der Waals surface area contributed by atoms with Crippen molar-refractivity contribution in [3.63, 3.8) is 0 Å². The minimum atomic E-state index is -0.992. The first-order chi connectivity index (χ1) is 10.1. The van der Waals surface area contributed by atoms with Gasteiger partial charge in [-0.15, -0.1) is 0 Å². The van der Waals surface area contributed by atoms with Crippen molar-refractivity contribution in [2.24, 2.45) is 0 Å². The van der Waals surface area contributed by atoms with Gasteiger partial charge in [-0.1, -0.05) is 12.1 Å². The van der Waals surface area contributed by atoms with Crippen molar-refractivity contribution in [3.05, 3.63) is 47.5 Å². The largest absolute Gasteiger partial charge is 0.478 e. The summed E-state index contributed by atoms with van der Waals surface area (Å²) in [5.41, 5.74) is 0.917. The van der Waals surface area contributed by atoms with Crippen molar-refractivity contribution in [3.8, 4) is 0 Å². The number of hydrogen-bond donors (Lipinski definition) is 4. The fourth-order valence-electron chi connectivity index (χ4n) is 1.70. The second-order valence-corrected chi connectivity index (χ2v) is 4.30. The molecule has 0 atom stereocenters. The first kappa shape index (κ1) is 14.5. The highest BCUT2D eigenvalue weighted by atomic mass is 16.4. The lowest BCUT2D eigenvalue weighted by Gasteiger charge is -2.07. The maximum absolute atomic E-state index is 11.6. The lowest BCUT2D eigenvalue weighted by molar-refractivity contribution is 0.0696. The quantitative estimate of drug-likeness (QED) is 0.619. The molecular formula is C13H15N5O3. The molecule has 0 radical (unpaired) electrons. The summed E-state index contributed by atoms with van der Waals surface area (Å²) in [6, 6.07) is 6.10. The molecule has 2 aromatic rings. The molecule has 0 unspecified atom stereocenters. The Morgan fingerprint density at radius 2 is 2.14 bits per heavy atom. The zero-order valence-corrected chi connectivity index (χ0v) is 11.2. The molecule has 1 heterocycles. The van der Waals surface area contributed by atoms with E-state index in [1.54, 1.807) is 12.1 Å². The van der Waals surface area contributed by atoms with Gasteiger partial charge in [0, 0.05) is 19.5 Å². The van der Waals surface area contributed by atoms with Crippen molar-refractivity contribution >= 4 is 12.0 Å². The number of carboxylic acid groups (broad SMARTS) is 1. The number of aromatic amines is 1. The monoisotopic (exact) mass is 289 g/mol. The van der Waals surface area contributed by atoms with E-state index in [1.807, 2.05) is 0 Å². The van der Waals surface area contributed by atoms with Crippen LogP contribution in [-0.4, -0.2) is 38.8 Å². The summed E-state index contributed by atoms with van der Waals surface area (Å²) in [6.07, 6.45) is 1.97. The molecule has 0 spiro atoms. The molecule has 4 N–H and O–H groups in total. The zero-order chi connectivity index (χ0) is 15.1. The maximum atomic E-state index is 11.6. The molecule has 8 nitrogen and oxygen atoms in total. The van der Waals surface area contributed by atoms with Crippen molar-refractivity contribution in [1.82, 2.24) is 25.8 Å². The van der Waals surface area contributed by atoms with Gasteiger partial charge in [0.15, 0.2) is 0 Å². The molecule has 0 bridgehead atoms. The standard InChI is InChI=1S/C13H15N5O3/c19-12(20)10-3-1-2-9(6-10)7-15-13(21)14-5-4-11-16-8-17-18-11/h1-3,6,8H,4-5,7H2,(H,19,20)(H2,14,15,21)(H,16,17,18). The van der Waals surface area contributed by atoms with E-state index in [-0.39, 0.29) is 18.1 Å². The third kappa shape index (κ3) is 4.60. The Labute approximate surface area is 120 Å². The zero-order valence-electron chi connectivity index (χ0n) is 11.2. The van der Waals surface area contributed by atoms with Crippen LogP contribution in [-0.2, 0) is 13.0 Å². The normalized spacial score (nSPS) is 10.1. The maximum Gasteiger partial charge on any atom is 0.335 e. The third-order valence-electron chi connectivity index (χ3n) is 2.74. The summed E-state index contributed by atoms with van der Waals surface area (Å²) in [4.78, 5) is 26.3. The number of hydrogen-bond acceptors (Lipinski definition) is 4. The number of H-pyrrole nitrogens is 1. The Bertz CT molecular complexity index is 612. The van der Waals surface area contributed by atoms with E-state index < -0.39 is 5.97 Å². The van der Waals surface area contributed by atoms with Gasteiger partial charge >= 0.3 is 12.0 Å². The van der Waals surface area contributed by atoms with Crippen LogP contribution in [0.2, 0.25) is 0 Å². The lowest BCUT2D eigenvalue weighted by atomic mass is 10.1. The van der Waals surface area contributed by atoms with E-state index in [9.17, 15) is 9.59 Å². The second-order valence-electron chi connectivity index (χ2n) is 4.30. The summed E-state index contributed by atoms with van der Waals surface area (Å²) >= 11 is 0. The van der Waals surface area contributed by atoms with Crippen LogP contribution in [0.1, 0.15) is 21.7 Å². The molecule has 0 saturated carbocycles. The first-order valence-corrected chi connectivity index (χ1v) is 6.33. The average Bonchev–Trinajstić information content (AvgIpc) is 2.99. The topological polar surface area (TPSA) is 120 Å². The molecule has 0 saturated heterocycles. The third-order valence-corrected chi connectivity index (χ3v) is 2.74. The number of rotatable bonds is 6. The molecule has 2 rings (SSSR count). The fraction of sp³-hybridized carbons (Fsp3) is 0.231. The predicted molar refractivity (Wildman–Crippen MR) is 73.7 cm³/mol. The van der Waals surface area contributed by atoms with Crippen molar-refractivity contribution in [2.45, 2.75) is 13.0 Å². The van der Waals surface area contributed by atoms with E-state index >= 15 is 0 Å². The predicted octanol–water partition coefficient (Wildman–Crippen LogP) is 0.545. The van der Waals surface area contributed by atoms with Crippen LogP contribution < -0.4 is 10.6 Å². The summed E-state index contributed by atoms with van der Waals surface area (Å²) in [5.74, 6) is -0.294. The number of benzene rings is 1. The van der Waals surface area contributed by atoms with Gasteiger partial charge in [-0.2, -0.15) is 5.10 Å². The molecule has 0 fully saturated rings. The van der Waals surface area contributed by atoms with Crippen molar-refractivity contribution < 1.29 is 14.7 Å². The average molecular weight is 289 g/mol. The molecule has 0 aliphatic carbocycles. The number of urea groups is 1. The van der Waals surface area contributed by atoms with Gasteiger partial charge in [-0.05, 0) is 17.7 Å². The van der Waals surface area contributed by atoms with Crippen molar-refractivity contribution in [2.75, 3.05) is 6.54 Å². The van der Waals surface area contributed by atoms with Crippen LogP contribution in [0.15, 0.2) is 30.6 Å². The van der Waals surface area contributed by atoms with Gasteiger partial charge in [0.05, 0.1) is 5.56 Å². The fourth-order valence-corrected chi connectivity index (χ4v) is 1.70. The number of amides is 2. The Balaban J connectivity index is 1.73. The Morgan fingerprint density at radius 3 is 2.86 bits per heavy atom. The molecule has 1 aromatic heterocycles. The number of carboxylic acids is 1. The highest BCUT2D eigenvalue weighted by Gasteiger charge is 2.05. The van der Waals surface area contributed by atoms with E-state index in [4.69, 9.17) is 5.11 Å². The Kier molecular flexibility index (Phi) is 4.86. The van der Waals surface area contributed by atoms with Crippen LogP contribution in [0.25, 0.3) is 0 Å². The highest BCUT2D eigenvalue weighted by molar-refractivity contribution is 5.87. The number of aromatic nitrogens is 3. The minimum Gasteiger partial charge on any atom is -0.478 e. The minimum absolute atomic E-state index is 0.194. The number of aromatic carboxylic acids is 1. The molecule has 110 valence electrons. The van der Waals surface area contributed by atoms with Crippen LogP contribution in [0, 0.1) is 0 Å². The van der Waals surface area contributed by atoms with E-state index in [2.05, 4.69) is 25.8 Å². The van der Waals surface area contributed by atoms with E-state index in [1.165, 1.54) is 18.5 Å². The number of carbonyl (C=O) groups is 2. The summed E-state index contributed by atoms with van der Waals surface area (Å²) in [5, 5.41) is 20.6.